The van der Waals surface area contributed by atoms with Crippen molar-refractivity contribution >= 4 is 39.3 Å². The van der Waals surface area contributed by atoms with Gasteiger partial charge < -0.3 is 5.11 Å². The highest BCUT2D eigenvalue weighted by Crippen LogP contribution is 2.41. The Hall–Kier alpha value is -3.32. The molecule has 0 aliphatic carbocycles. The van der Waals surface area contributed by atoms with Crippen molar-refractivity contribution in [2.24, 2.45) is 0 Å². The van der Waals surface area contributed by atoms with Crippen molar-refractivity contribution in [1.29, 1.82) is 0 Å². The highest BCUT2D eigenvalue weighted by Gasteiger charge is 2.48. The molecular formula is C21H14BrN3O3. The monoisotopic (exact) mass is 435 g/mol. The van der Waals surface area contributed by atoms with Crippen molar-refractivity contribution < 1.29 is 14.7 Å². The van der Waals surface area contributed by atoms with Gasteiger partial charge in [0.2, 0.25) is 5.95 Å². The van der Waals surface area contributed by atoms with Crippen molar-refractivity contribution in [1.82, 2.24) is 9.97 Å². The molecule has 1 N–H and O–H groups in total. The number of aliphatic hydroxyl groups is 1. The Balaban J connectivity index is 1.96. The van der Waals surface area contributed by atoms with Crippen molar-refractivity contribution in [2.45, 2.75) is 6.04 Å². The van der Waals surface area contributed by atoms with Gasteiger partial charge in [0, 0.05) is 22.4 Å². The number of aliphatic hydroxyl groups excluding tert-OH is 1. The van der Waals surface area contributed by atoms with Gasteiger partial charge in [-0.3, -0.25) is 14.5 Å². The van der Waals surface area contributed by atoms with Crippen LogP contribution in [0.2, 0.25) is 0 Å². The molecule has 138 valence electrons. The summed E-state index contributed by atoms with van der Waals surface area (Å²) in [5.74, 6) is -1.70. The average molecular weight is 436 g/mol. The van der Waals surface area contributed by atoms with Crippen LogP contribution in [0.4, 0.5) is 5.95 Å². The number of ketones is 1. The van der Waals surface area contributed by atoms with Gasteiger partial charge in [-0.1, -0.05) is 58.4 Å². The normalized spacial score (nSPS) is 18.5. The van der Waals surface area contributed by atoms with Gasteiger partial charge in [-0.2, -0.15) is 0 Å². The topological polar surface area (TPSA) is 83.4 Å². The quantitative estimate of drug-likeness (QED) is 0.383. The third-order valence-corrected chi connectivity index (χ3v) is 4.92. The molecule has 0 radical (unpaired) electrons. The van der Waals surface area contributed by atoms with Gasteiger partial charge in [0.05, 0.1) is 11.6 Å². The number of amides is 1. The summed E-state index contributed by atoms with van der Waals surface area (Å²) in [7, 11) is 0. The van der Waals surface area contributed by atoms with Crippen LogP contribution in [0.5, 0.6) is 0 Å². The molecule has 1 fully saturated rings. The highest BCUT2D eigenvalue weighted by molar-refractivity contribution is 9.10. The standard InChI is InChI=1S/C21H14BrN3O3/c22-15-9-4-8-14(12-15)17-16(18(26)13-6-2-1-3-7-13)19(27)20(28)25(17)21-23-10-5-11-24-21/h1-12,17,26H/b18-16+. The van der Waals surface area contributed by atoms with Gasteiger partial charge in [-0.05, 0) is 23.8 Å². The van der Waals surface area contributed by atoms with Crippen LogP contribution in [0.3, 0.4) is 0 Å². The number of halogens is 1. The number of aromatic nitrogens is 2. The van der Waals surface area contributed by atoms with Crippen LogP contribution < -0.4 is 4.90 Å². The third kappa shape index (κ3) is 3.10. The summed E-state index contributed by atoms with van der Waals surface area (Å²) in [5.41, 5.74) is 1.11. The van der Waals surface area contributed by atoms with Gasteiger partial charge >= 0.3 is 5.91 Å². The van der Waals surface area contributed by atoms with Crippen LogP contribution in [0.25, 0.3) is 5.76 Å². The smallest absolute Gasteiger partial charge is 0.302 e. The van der Waals surface area contributed by atoms with Gasteiger partial charge in [-0.15, -0.1) is 0 Å². The van der Waals surface area contributed by atoms with Crippen LogP contribution >= 0.6 is 15.9 Å². The van der Waals surface area contributed by atoms with E-state index in [-0.39, 0.29) is 17.3 Å². The molecule has 7 heteroatoms. The second-order valence-corrected chi connectivity index (χ2v) is 7.05. The van der Waals surface area contributed by atoms with E-state index in [1.54, 1.807) is 54.6 Å². The molecule has 1 aliphatic heterocycles. The van der Waals surface area contributed by atoms with Crippen molar-refractivity contribution in [2.75, 3.05) is 4.90 Å². The first-order valence-corrected chi connectivity index (χ1v) is 9.26. The van der Waals surface area contributed by atoms with Crippen LogP contribution in [-0.2, 0) is 9.59 Å². The molecule has 6 nitrogen and oxygen atoms in total. The Morgan fingerprint density at radius 3 is 2.36 bits per heavy atom. The summed E-state index contributed by atoms with van der Waals surface area (Å²) < 4.78 is 0.782. The maximum Gasteiger partial charge on any atom is 0.302 e. The Kier molecular flexibility index (Phi) is 4.75. The highest BCUT2D eigenvalue weighted by atomic mass is 79.9. The molecule has 2 aromatic carbocycles. The number of rotatable bonds is 3. The number of carbonyl (C=O) groups is 2. The van der Waals surface area contributed by atoms with Gasteiger partial charge in [0.15, 0.2) is 0 Å². The lowest BCUT2D eigenvalue weighted by Gasteiger charge is -2.23. The summed E-state index contributed by atoms with van der Waals surface area (Å²) in [4.78, 5) is 35.2. The number of carbonyl (C=O) groups excluding carboxylic acids is 2. The Bertz CT molecular complexity index is 1080. The van der Waals surface area contributed by atoms with Crippen LogP contribution in [-0.4, -0.2) is 26.8 Å². The molecule has 1 aromatic heterocycles. The van der Waals surface area contributed by atoms with Gasteiger partial charge in [0.25, 0.3) is 5.78 Å². The van der Waals surface area contributed by atoms with E-state index in [2.05, 4.69) is 25.9 Å². The van der Waals surface area contributed by atoms with E-state index >= 15 is 0 Å². The van der Waals surface area contributed by atoms with E-state index in [1.807, 2.05) is 6.07 Å². The fourth-order valence-corrected chi connectivity index (χ4v) is 3.61. The molecule has 1 saturated heterocycles. The lowest BCUT2D eigenvalue weighted by Crippen LogP contribution is -2.31. The van der Waals surface area contributed by atoms with E-state index in [0.29, 0.717) is 11.1 Å². The third-order valence-electron chi connectivity index (χ3n) is 4.42. The molecule has 1 unspecified atom stereocenters. The maximum absolute atomic E-state index is 12.9. The van der Waals surface area contributed by atoms with E-state index in [0.717, 1.165) is 4.47 Å². The molecule has 1 amide bonds. The summed E-state index contributed by atoms with van der Waals surface area (Å²) in [6, 6.07) is 16.7. The first-order chi connectivity index (χ1) is 13.6. The molecule has 3 aromatic rings. The second kappa shape index (κ2) is 7.36. The molecule has 0 spiro atoms. The Morgan fingerprint density at radius 1 is 0.964 bits per heavy atom. The minimum Gasteiger partial charge on any atom is -0.507 e. The van der Waals surface area contributed by atoms with E-state index in [1.165, 1.54) is 17.3 Å². The van der Waals surface area contributed by atoms with Crippen molar-refractivity contribution in [3.05, 3.63) is 94.2 Å². The molecule has 0 bridgehead atoms. The first kappa shape index (κ1) is 18.1. The molecule has 28 heavy (non-hydrogen) atoms. The van der Waals surface area contributed by atoms with E-state index in [9.17, 15) is 14.7 Å². The van der Waals surface area contributed by atoms with Crippen LogP contribution in [0.1, 0.15) is 17.2 Å². The van der Waals surface area contributed by atoms with Crippen LogP contribution in [0.15, 0.2) is 83.1 Å². The lowest BCUT2D eigenvalue weighted by molar-refractivity contribution is -0.132. The van der Waals surface area contributed by atoms with Crippen molar-refractivity contribution in [3.8, 4) is 0 Å². The van der Waals surface area contributed by atoms with Crippen LogP contribution in [0, 0.1) is 0 Å². The number of hydrogen-bond donors (Lipinski definition) is 1. The summed E-state index contributed by atoms with van der Waals surface area (Å²) in [5, 5.41) is 10.9. The number of Topliss-reactive ketones (excluding diaryl/α,β-unsaturated/α-hetero) is 1. The zero-order valence-corrected chi connectivity index (χ0v) is 16.1. The maximum atomic E-state index is 12.9. The molecule has 0 saturated carbocycles. The van der Waals surface area contributed by atoms with E-state index < -0.39 is 17.7 Å². The zero-order valence-electron chi connectivity index (χ0n) is 14.5. The number of hydrogen-bond acceptors (Lipinski definition) is 5. The fourth-order valence-electron chi connectivity index (χ4n) is 3.20. The molecule has 2 heterocycles. The predicted octanol–water partition coefficient (Wildman–Crippen LogP) is 3.87. The van der Waals surface area contributed by atoms with Crippen molar-refractivity contribution in [3.63, 3.8) is 0 Å². The fraction of sp³-hybridized carbons (Fsp3) is 0.0476. The predicted molar refractivity (Wildman–Crippen MR) is 107 cm³/mol. The second-order valence-electron chi connectivity index (χ2n) is 6.14. The van der Waals surface area contributed by atoms with Gasteiger partial charge in [-0.25, -0.2) is 9.97 Å². The first-order valence-electron chi connectivity index (χ1n) is 8.47. The summed E-state index contributed by atoms with van der Waals surface area (Å²) in [6.07, 6.45) is 2.99. The molecule has 4 rings (SSSR count). The Labute approximate surface area is 169 Å². The summed E-state index contributed by atoms with van der Waals surface area (Å²) >= 11 is 3.42. The minimum absolute atomic E-state index is 0.00162. The number of nitrogens with zero attached hydrogens (tertiary/aromatic N) is 3. The largest absolute Gasteiger partial charge is 0.507 e. The number of benzene rings is 2. The molecular weight excluding hydrogens is 422 g/mol. The lowest BCUT2D eigenvalue weighted by atomic mass is 9.95. The molecule has 1 atom stereocenters. The number of anilines is 1. The molecule has 1 aliphatic rings. The minimum atomic E-state index is -0.847. The zero-order chi connectivity index (χ0) is 19.7. The van der Waals surface area contributed by atoms with E-state index in [4.69, 9.17) is 0 Å². The van der Waals surface area contributed by atoms with Gasteiger partial charge in [0.1, 0.15) is 5.76 Å². The Morgan fingerprint density at radius 2 is 1.68 bits per heavy atom. The average Bonchev–Trinajstić information content (AvgIpc) is 3.00. The summed E-state index contributed by atoms with van der Waals surface area (Å²) in [6.45, 7) is 0. The SMILES string of the molecule is O=C1C(=O)N(c2ncccn2)C(c2cccc(Br)c2)/C1=C(\O)c1ccccc1.